The molecular formula is C38H46Cl2Zr2. The van der Waals surface area contributed by atoms with Crippen molar-refractivity contribution in [1.82, 2.24) is 0 Å². The third kappa shape index (κ3) is 20.0. The topological polar surface area (TPSA) is 0 Å². The summed E-state index contributed by atoms with van der Waals surface area (Å²) in [7, 11) is 0. The Kier molecular flexibility index (Phi) is 34.2. The molecule has 0 aliphatic heterocycles. The van der Waals surface area contributed by atoms with Gasteiger partial charge in [-0.3, -0.25) is 12.2 Å². The van der Waals surface area contributed by atoms with Crippen molar-refractivity contribution in [3.8, 4) is 0 Å². The summed E-state index contributed by atoms with van der Waals surface area (Å²) in [5.41, 5.74) is 5.42. The minimum Gasteiger partial charge on any atom is -1.00 e. The van der Waals surface area contributed by atoms with Gasteiger partial charge in [-0.05, 0) is 13.8 Å². The van der Waals surface area contributed by atoms with Crippen LogP contribution in [0.1, 0.15) is 61.8 Å². The van der Waals surface area contributed by atoms with Crippen LogP contribution in [0.25, 0.3) is 21.5 Å². The van der Waals surface area contributed by atoms with Crippen molar-refractivity contribution in [1.29, 1.82) is 0 Å². The van der Waals surface area contributed by atoms with Gasteiger partial charge < -0.3 is 38.7 Å². The van der Waals surface area contributed by atoms with E-state index >= 15 is 0 Å². The van der Waals surface area contributed by atoms with Gasteiger partial charge in [0.05, 0.1) is 0 Å². The standard InChI is InChI=1S/2C11H11.2C5H5.2C3H7.2ClH.2Zr/c2*1-8-3-6-11-9(2)4-5-10(11)7-8;2*1-2-4-5-3-1;2*1-3-2;;;;/h2*3-7H,1-2H3;2*1-3H,4H2;2*1,3H2,2H3;2*1H;;/q6*-1;;;2*+4/p-2. The number of allylic oxidation sites excluding steroid dienone is 8. The first-order valence-electron chi connectivity index (χ1n) is 13.6. The number of hydrogen-bond acceptors (Lipinski definition) is 0. The van der Waals surface area contributed by atoms with Gasteiger partial charge in [0.25, 0.3) is 0 Å². The summed E-state index contributed by atoms with van der Waals surface area (Å²) >= 11 is 0. The Hall–Kier alpha value is -1.03. The van der Waals surface area contributed by atoms with Crippen LogP contribution >= 0.6 is 0 Å². The number of halogens is 2. The molecule has 2 aliphatic rings. The van der Waals surface area contributed by atoms with Gasteiger partial charge in [0.2, 0.25) is 0 Å². The first-order chi connectivity index (χ1) is 18.4. The van der Waals surface area contributed by atoms with Gasteiger partial charge in [-0.2, -0.15) is 49.3 Å². The van der Waals surface area contributed by atoms with Crippen LogP contribution < -0.4 is 24.8 Å². The van der Waals surface area contributed by atoms with E-state index in [2.05, 4.69) is 127 Å². The van der Waals surface area contributed by atoms with E-state index < -0.39 is 0 Å². The van der Waals surface area contributed by atoms with E-state index in [0.29, 0.717) is 0 Å². The van der Waals surface area contributed by atoms with Gasteiger partial charge in [0.15, 0.2) is 0 Å². The Morgan fingerprint density at radius 1 is 0.643 bits per heavy atom. The maximum absolute atomic E-state index is 3.49. The zero-order valence-electron chi connectivity index (χ0n) is 26.2. The van der Waals surface area contributed by atoms with E-state index in [9.17, 15) is 0 Å². The maximum Gasteiger partial charge on any atom is 4.00 e. The van der Waals surface area contributed by atoms with Crippen LogP contribution in [-0.4, -0.2) is 0 Å². The summed E-state index contributed by atoms with van der Waals surface area (Å²) in [6.07, 6.45) is 22.0. The molecule has 2 aliphatic carbocycles. The molecule has 6 rings (SSSR count). The average Bonchev–Trinajstić information content (AvgIpc) is 3.72. The van der Waals surface area contributed by atoms with Crippen LogP contribution in [0.2, 0.25) is 0 Å². The molecule has 4 aromatic rings. The second-order valence-electron chi connectivity index (χ2n) is 9.22. The molecule has 0 N–H and O–H groups in total. The largest absolute Gasteiger partial charge is 4.00 e. The monoisotopic (exact) mass is 752 g/mol. The fraction of sp³-hybridized carbons (Fsp3) is 0.263. The average molecular weight is 756 g/mol. The van der Waals surface area contributed by atoms with Crippen molar-refractivity contribution in [2.24, 2.45) is 0 Å². The Morgan fingerprint density at radius 2 is 0.976 bits per heavy atom. The first-order valence-corrected chi connectivity index (χ1v) is 13.6. The van der Waals surface area contributed by atoms with Crippen molar-refractivity contribution in [3.63, 3.8) is 0 Å². The van der Waals surface area contributed by atoms with Crippen LogP contribution in [0.5, 0.6) is 0 Å². The molecule has 0 saturated heterocycles. The SMILES string of the molecule is Cc1ccc2c(cc[c-]2C)c1.Cc1ccc2c(cc[c-]2C)c1.[C-]1=CC=CC1.[C-]1=CC=CC1.[CH2-]CC.[CH2-]CC.[Cl-].[Cl-].[Zr+4].[Zr+4]. The molecule has 0 saturated carbocycles. The second kappa shape index (κ2) is 30.0. The van der Waals surface area contributed by atoms with Crippen LogP contribution in [-0.2, 0) is 52.4 Å². The van der Waals surface area contributed by atoms with Crippen molar-refractivity contribution in [3.05, 3.63) is 145 Å². The molecule has 0 nitrogen and oxygen atoms in total. The Balaban J connectivity index is -0.000000218. The zero-order chi connectivity index (χ0) is 28.2. The van der Waals surface area contributed by atoms with Gasteiger partial charge >= 0.3 is 52.4 Å². The molecule has 0 heterocycles. The quantitative estimate of drug-likeness (QED) is 0.211. The predicted molar refractivity (Wildman–Crippen MR) is 172 cm³/mol. The summed E-state index contributed by atoms with van der Waals surface area (Å²) in [6.45, 7) is 19.6. The molecule has 4 heteroatoms. The predicted octanol–water partition coefficient (Wildman–Crippen LogP) is 5.43. The third-order valence-corrected chi connectivity index (χ3v) is 5.46. The van der Waals surface area contributed by atoms with E-state index in [4.69, 9.17) is 0 Å². The number of aryl methyl sites for hydroxylation is 4. The zero-order valence-corrected chi connectivity index (χ0v) is 32.7. The van der Waals surface area contributed by atoms with Crippen LogP contribution in [0.4, 0.5) is 0 Å². The fourth-order valence-electron chi connectivity index (χ4n) is 3.65. The molecule has 0 atom stereocenters. The molecule has 220 valence electrons. The molecule has 42 heavy (non-hydrogen) atoms. The Bertz CT molecular complexity index is 1180. The van der Waals surface area contributed by atoms with E-state index in [0.717, 1.165) is 25.7 Å². The minimum absolute atomic E-state index is 0. The third-order valence-electron chi connectivity index (χ3n) is 5.46. The molecule has 0 radical (unpaired) electrons. The summed E-state index contributed by atoms with van der Waals surface area (Å²) in [6, 6.07) is 21.9. The maximum atomic E-state index is 3.49. The van der Waals surface area contributed by atoms with Crippen molar-refractivity contribution >= 4 is 21.5 Å². The smallest absolute Gasteiger partial charge is 1.00 e. The second-order valence-corrected chi connectivity index (χ2v) is 9.22. The fourth-order valence-corrected chi connectivity index (χ4v) is 3.65. The molecule has 0 fully saturated rings. The Morgan fingerprint density at radius 3 is 1.21 bits per heavy atom. The number of rotatable bonds is 0. The summed E-state index contributed by atoms with van der Waals surface area (Å²) < 4.78 is 0. The van der Waals surface area contributed by atoms with Gasteiger partial charge in [0, 0.05) is 0 Å². The van der Waals surface area contributed by atoms with Crippen LogP contribution in [0.3, 0.4) is 0 Å². The van der Waals surface area contributed by atoms with E-state index in [1.54, 1.807) is 0 Å². The van der Waals surface area contributed by atoms with Crippen molar-refractivity contribution in [2.45, 2.75) is 67.2 Å². The van der Waals surface area contributed by atoms with Gasteiger partial charge in [-0.15, -0.1) is 81.9 Å². The summed E-state index contributed by atoms with van der Waals surface area (Å²) in [5, 5.41) is 5.50. The molecule has 0 unspecified atom stereocenters. The van der Waals surface area contributed by atoms with Gasteiger partial charge in [-0.25, -0.2) is 24.3 Å². The summed E-state index contributed by atoms with van der Waals surface area (Å²) in [5.74, 6) is 0. The van der Waals surface area contributed by atoms with Crippen LogP contribution in [0, 0.1) is 53.7 Å². The van der Waals surface area contributed by atoms with Crippen molar-refractivity contribution in [2.75, 3.05) is 0 Å². The van der Waals surface area contributed by atoms with Crippen LogP contribution in [0.15, 0.2) is 97.1 Å². The van der Waals surface area contributed by atoms with E-state index in [1.807, 2.05) is 38.2 Å². The minimum atomic E-state index is 0. The molecule has 0 aromatic heterocycles. The van der Waals surface area contributed by atoms with Gasteiger partial charge in [-0.1, -0.05) is 38.8 Å². The van der Waals surface area contributed by atoms with Gasteiger partial charge in [0.1, 0.15) is 0 Å². The van der Waals surface area contributed by atoms with E-state index in [-0.39, 0.29) is 77.2 Å². The van der Waals surface area contributed by atoms with Crippen molar-refractivity contribution < 1.29 is 77.2 Å². The molecule has 4 aromatic carbocycles. The molecular weight excluding hydrogens is 710 g/mol. The number of fused-ring (bicyclic) bond motifs is 2. The molecule has 0 spiro atoms. The van der Waals surface area contributed by atoms with E-state index in [1.165, 1.54) is 43.8 Å². The normalized spacial score (nSPS) is 10.7. The number of hydrogen-bond donors (Lipinski definition) is 0. The Labute approximate surface area is 308 Å². The summed E-state index contributed by atoms with van der Waals surface area (Å²) in [4.78, 5) is 0. The first kappa shape index (κ1) is 47.9. The molecule has 0 bridgehead atoms. The number of benzene rings is 2. The molecule has 0 amide bonds.